The molecule has 0 aliphatic carbocycles. The quantitative estimate of drug-likeness (QED) is 0.629. The summed E-state index contributed by atoms with van der Waals surface area (Å²) in [6.07, 6.45) is 4.99. The van der Waals surface area contributed by atoms with Crippen molar-refractivity contribution < 1.29 is 10.2 Å². The SMILES string of the molecule is Oc1ccc(Cl)c(Cl)c1-c1ccn2cc(C(O)C3CCNCC3)nc2c1. The molecule has 0 bridgehead atoms. The zero-order chi connectivity index (χ0) is 18.3. The van der Waals surface area contributed by atoms with E-state index in [2.05, 4.69) is 10.3 Å². The molecule has 1 unspecified atom stereocenters. The Morgan fingerprint density at radius 1 is 1.19 bits per heavy atom. The molecule has 26 heavy (non-hydrogen) atoms. The van der Waals surface area contributed by atoms with Gasteiger partial charge in [-0.3, -0.25) is 0 Å². The van der Waals surface area contributed by atoms with Crippen LogP contribution in [-0.4, -0.2) is 32.7 Å². The first-order valence-corrected chi connectivity index (χ1v) is 9.35. The van der Waals surface area contributed by atoms with Crippen LogP contribution >= 0.6 is 23.2 Å². The Labute approximate surface area is 161 Å². The van der Waals surface area contributed by atoms with Gasteiger partial charge in [-0.05, 0) is 61.7 Å². The highest BCUT2D eigenvalue weighted by Crippen LogP contribution is 2.40. The van der Waals surface area contributed by atoms with Gasteiger partial charge in [0.05, 0.1) is 15.7 Å². The third-order valence-corrected chi connectivity index (χ3v) is 5.78. The maximum Gasteiger partial charge on any atom is 0.137 e. The molecule has 0 radical (unpaired) electrons. The van der Waals surface area contributed by atoms with E-state index in [-0.39, 0.29) is 11.7 Å². The Balaban J connectivity index is 1.71. The molecule has 1 aromatic carbocycles. The molecule has 0 spiro atoms. The normalized spacial score (nSPS) is 16.9. The van der Waals surface area contributed by atoms with E-state index in [9.17, 15) is 10.2 Å². The third-order valence-electron chi connectivity index (χ3n) is 4.97. The number of hydrogen-bond acceptors (Lipinski definition) is 4. The molecular formula is C19H19Cl2N3O2. The number of halogens is 2. The van der Waals surface area contributed by atoms with Gasteiger partial charge in [0.1, 0.15) is 17.5 Å². The summed E-state index contributed by atoms with van der Waals surface area (Å²) in [5, 5.41) is 24.9. The zero-order valence-electron chi connectivity index (χ0n) is 14.0. The fourth-order valence-electron chi connectivity index (χ4n) is 3.52. The van der Waals surface area contributed by atoms with Crippen LogP contribution in [0.4, 0.5) is 0 Å². The number of phenolic OH excluding ortho intramolecular Hbond substituents is 1. The number of nitrogens with one attached hydrogen (secondary N) is 1. The van der Waals surface area contributed by atoms with Crippen molar-refractivity contribution in [2.75, 3.05) is 13.1 Å². The highest BCUT2D eigenvalue weighted by atomic mass is 35.5. The number of aromatic nitrogens is 2. The van der Waals surface area contributed by atoms with E-state index in [1.165, 1.54) is 6.07 Å². The van der Waals surface area contributed by atoms with E-state index < -0.39 is 6.10 Å². The molecule has 7 heteroatoms. The van der Waals surface area contributed by atoms with Crippen LogP contribution in [0, 0.1) is 5.92 Å². The van der Waals surface area contributed by atoms with E-state index >= 15 is 0 Å². The predicted octanol–water partition coefficient (Wildman–Crippen LogP) is 4.05. The van der Waals surface area contributed by atoms with Gasteiger partial charge in [-0.15, -0.1) is 0 Å². The number of rotatable bonds is 3. The molecule has 1 aliphatic rings. The predicted molar refractivity (Wildman–Crippen MR) is 103 cm³/mol. The maximum atomic E-state index is 10.7. The Hall–Kier alpha value is -1.79. The fraction of sp³-hybridized carbons (Fsp3) is 0.316. The van der Waals surface area contributed by atoms with Gasteiger partial charge in [0.15, 0.2) is 0 Å². The standard InChI is InChI=1S/C19H19Cl2N3O2/c20-13-1-2-15(25)17(18(13)21)12-5-8-24-10-14(23-16(24)9-12)19(26)11-3-6-22-7-4-11/h1-2,5,8-11,19,22,25-26H,3-4,6-7H2. The number of aromatic hydroxyl groups is 1. The van der Waals surface area contributed by atoms with E-state index in [0.29, 0.717) is 26.9 Å². The maximum absolute atomic E-state index is 10.7. The minimum Gasteiger partial charge on any atom is -0.507 e. The summed E-state index contributed by atoms with van der Waals surface area (Å²) >= 11 is 12.4. The summed E-state index contributed by atoms with van der Waals surface area (Å²) in [6.45, 7) is 1.84. The molecule has 3 N–H and O–H groups in total. The summed E-state index contributed by atoms with van der Waals surface area (Å²) in [5.41, 5.74) is 2.54. The first-order valence-electron chi connectivity index (χ1n) is 8.59. The Kier molecular flexibility index (Phi) is 4.80. The Morgan fingerprint density at radius 3 is 2.73 bits per heavy atom. The first kappa shape index (κ1) is 17.6. The van der Waals surface area contributed by atoms with E-state index in [4.69, 9.17) is 23.2 Å². The molecule has 3 aromatic rings. The molecular weight excluding hydrogens is 373 g/mol. The minimum absolute atomic E-state index is 0.0604. The van der Waals surface area contributed by atoms with Gasteiger partial charge >= 0.3 is 0 Å². The number of nitrogens with zero attached hydrogens (tertiary/aromatic N) is 2. The van der Waals surface area contributed by atoms with Crippen LogP contribution in [0.5, 0.6) is 5.75 Å². The summed E-state index contributed by atoms with van der Waals surface area (Å²) in [4.78, 5) is 4.59. The zero-order valence-corrected chi connectivity index (χ0v) is 15.5. The van der Waals surface area contributed by atoms with Gasteiger partial charge in [0.25, 0.3) is 0 Å². The second-order valence-corrected chi connectivity index (χ2v) is 7.42. The van der Waals surface area contributed by atoms with E-state index in [1.54, 1.807) is 6.07 Å². The lowest BCUT2D eigenvalue weighted by Crippen LogP contribution is -2.30. The van der Waals surface area contributed by atoms with Crippen LogP contribution in [-0.2, 0) is 0 Å². The Morgan fingerprint density at radius 2 is 1.96 bits per heavy atom. The van der Waals surface area contributed by atoms with Crippen molar-refractivity contribution in [1.82, 2.24) is 14.7 Å². The van der Waals surface area contributed by atoms with Gasteiger partial charge in [0.2, 0.25) is 0 Å². The second kappa shape index (κ2) is 7.08. The number of fused-ring (bicyclic) bond motifs is 1. The number of aliphatic hydroxyl groups is 1. The molecule has 1 fully saturated rings. The summed E-state index contributed by atoms with van der Waals surface area (Å²) < 4.78 is 1.86. The molecule has 0 amide bonds. The first-order chi connectivity index (χ1) is 12.5. The van der Waals surface area contributed by atoms with Crippen molar-refractivity contribution in [3.05, 3.63) is 52.4 Å². The number of phenols is 1. The number of benzene rings is 1. The number of pyridine rings is 1. The average Bonchev–Trinajstić information content (AvgIpc) is 3.08. The van der Waals surface area contributed by atoms with E-state index in [0.717, 1.165) is 31.5 Å². The van der Waals surface area contributed by atoms with Crippen LogP contribution < -0.4 is 5.32 Å². The Bertz CT molecular complexity index is 951. The van der Waals surface area contributed by atoms with Crippen LogP contribution in [0.3, 0.4) is 0 Å². The molecule has 2 aromatic heterocycles. The third kappa shape index (κ3) is 3.16. The highest BCUT2D eigenvalue weighted by Gasteiger charge is 2.25. The number of piperidine rings is 1. The van der Waals surface area contributed by atoms with E-state index in [1.807, 2.05) is 28.9 Å². The van der Waals surface area contributed by atoms with Crippen LogP contribution in [0.25, 0.3) is 16.8 Å². The summed E-state index contributed by atoms with van der Waals surface area (Å²) in [6, 6.07) is 6.75. The van der Waals surface area contributed by atoms with Gasteiger partial charge in [0, 0.05) is 18.0 Å². The van der Waals surface area contributed by atoms with Crippen molar-refractivity contribution in [3.63, 3.8) is 0 Å². The smallest absolute Gasteiger partial charge is 0.137 e. The second-order valence-electron chi connectivity index (χ2n) is 6.63. The van der Waals surface area contributed by atoms with Gasteiger partial charge in [-0.25, -0.2) is 4.98 Å². The lowest BCUT2D eigenvalue weighted by Gasteiger charge is -2.26. The van der Waals surface area contributed by atoms with Crippen molar-refractivity contribution in [1.29, 1.82) is 0 Å². The summed E-state index contributed by atoms with van der Waals surface area (Å²) in [7, 11) is 0. The molecule has 1 atom stereocenters. The highest BCUT2D eigenvalue weighted by molar-refractivity contribution is 6.44. The molecule has 1 saturated heterocycles. The molecule has 1 aliphatic heterocycles. The van der Waals surface area contributed by atoms with Crippen LogP contribution in [0.2, 0.25) is 10.0 Å². The average molecular weight is 392 g/mol. The van der Waals surface area contributed by atoms with Crippen molar-refractivity contribution in [3.8, 4) is 16.9 Å². The lowest BCUT2D eigenvalue weighted by atomic mass is 9.91. The lowest BCUT2D eigenvalue weighted by molar-refractivity contribution is 0.0856. The van der Waals surface area contributed by atoms with Gasteiger partial charge < -0.3 is 19.9 Å². The van der Waals surface area contributed by atoms with Gasteiger partial charge in [-0.1, -0.05) is 23.2 Å². The molecule has 136 valence electrons. The van der Waals surface area contributed by atoms with Crippen molar-refractivity contribution in [2.24, 2.45) is 5.92 Å². The molecule has 0 saturated carbocycles. The molecule has 5 nitrogen and oxygen atoms in total. The van der Waals surface area contributed by atoms with Crippen LogP contribution in [0.15, 0.2) is 36.7 Å². The monoisotopic (exact) mass is 391 g/mol. The van der Waals surface area contributed by atoms with Gasteiger partial charge in [-0.2, -0.15) is 0 Å². The molecule has 4 rings (SSSR count). The number of imidazole rings is 1. The topological polar surface area (TPSA) is 69.8 Å². The minimum atomic E-state index is -0.580. The van der Waals surface area contributed by atoms with Crippen molar-refractivity contribution in [2.45, 2.75) is 18.9 Å². The fourth-order valence-corrected chi connectivity index (χ4v) is 3.94. The molecule has 3 heterocycles. The largest absolute Gasteiger partial charge is 0.507 e. The van der Waals surface area contributed by atoms with Crippen molar-refractivity contribution >= 4 is 28.8 Å². The number of aliphatic hydroxyl groups excluding tert-OH is 1. The van der Waals surface area contributed by atoms with Crippen LogP contribution in [0.1, 0.15) is 24.6 Å². The summed E-state index contributed by atoms with van der Waals surface area (Å²) in [5.74, 6) is 0.275. The number of hydrogen-bond donors (Lipinski definition) is 3.